The third kappa shape index (κ3) is 7.64. The molecule has 1 unspecified atom stereocenters. The Kier molecular flexibility index (Phi) is 9.22. The second-order valence-corrected chi connectivity index (χ2v) is 4.69. The van der Waals surface area contributed by atoms with E-state index in [4.69, 9.17) is 10.3 Å². The van der Waals surface area contributed by atoms with Gasteiger partial charge in [0, 0.05) is 6.54 Å². The Labute approximate surface area is 99.8 Å². The number of carbonyl (C=O) groups excluding carboxylic acids is 1. The SMILES string of the molecule is CCCCCCCCCN(C(N)=O)S(=O)O. The van der Waals surface area contributed by atoms with Gasteiger partial charge >= 0.3 is 6.03 Å². The standard InChI is InChI=1S/C10H22N2O3S/c1-2-3-4-5-6-7-8-9-12(10(11)13)16(14)15/h2-9H2,1H3,(H2,11,13)(H,14,15). The molecule has 0 aliphatic rings. The summed E-state index contributed by atoms with van der Waals surface area (Å²) in [5.41, 5.74) is 4.95. The lowest BCUT2D eigenvalue weighted by Crippen LogP contribution is -2.37. The van der Waals surface area contributed by atoms with Crippen molar-refractivity contribution in [1.29, 1.82) is 0 Å². The average Bonchev–Trinajstić information content (AvgIpc) is 2.21. The molecular formula is C10H22N2O3S. The quantitative estimate of drug-likeness (QED) is 0.486. The minimum Gasteiger partial charge on any atom is -0.351 e. The van der Waals surface area contributed by atoms with E-state index in [0.717, 1.165) is 23.6 Å². The predicted octanol–water partition coefficient (Wildman–Crippen LogP) is 2.25. The topological polar surface area (TPSA) is 83.6 Å². The van der Waals surface area contributed by atoms with Crippen LogP contribution < -0.4 is 5.73 Å². The molecule has 0 aliphatic carbocycles. The molecule has 0 fully saturated rings. The molecule has 0 radical (unpaired) electrons. The first-order chi connectivity index (χ1) is 7.59. The summed E-state index contributed by atoms with van der Waals surface area (Å²) in [5, 5.41) is 0. The van der Waals surface area contributed by atoms with Crippen molar-refractivity contribution < 1.29 is 13.6 Å². The molecule has 0 spiro atoms. The Bertz CT molecular complexity index is 210. The molecule has 0 rings (SSSR count). The number of amides is 2. The summed E-state index contributed by atoms with van der Waals surface area (Å²) in [6, 6.07) is -0.841. The number of carbonyl (C=O) groups is 1. The van der Waals surface area contributed by atoms with E-state index in [-0.39, 0.29) is 6.54 Å². The van der Waals surface area contributed by atoms with Crippen LogP contribution >= 0.6 is 0 Å². The van der Waals surface area contributed by atoms with Gasteiger partial charge in [-0.15, -0.1) is 0 Å². The average molecular weight is 250 g/mol. The van der Waals surface area contributed by atoms with Gasteiger partial charge in [-0.2, -0.15) is 0 Å². The molecule has 5 nitrogen and oxygen atoms in total. The number of nitrogens with zero attached hydrogens (tertiary/aromatic N) is 1. The number of unbranched alkanes of at least 4 members (excludes halogenated alkanes) is 6. The van der Waals surface area contributed by atoms with Crippen molar-refractivity contribution in [3.8, 4) is 0 Å². The maximum absolute atomic E-state index is 10.7. The van der Waals surface area contributed by atoms with Gasteiger partial charge in [-0.05, 0) is 6.42 Å². The van der Waals surface area contributed by atoms with Crippen molar-refractivity contribution in [3.05, 3.63) is 0 Å². The van der Waals surface area contributed by atoms with Gasteiger partial charge in [0.2, 0.25) is 0 Å². The molecule has 1 atom stereocenters. The van der Waals surface area contributed by atoms with Crippen molar-refractivity contribution in [2.24, 2.45) is 5.73 Å². The van der Waals surface area contributed by atoms with Crippen LogP contribution in [0, 0.1) is 0 Å². The van der Waals surface area contributed by atoms with Crippen molar-refractivity contribution in [2.75, 3.05) is 6.54 Å². The fraction of sp³-hybridized carbons (Fsp3) is 0.900. The Hall–Kier alpha value is -0.620. The third-order valence-corrected chi connectivity index (χ3v) is 3.14. The summed E-state index contributed by atoms with van der Waals surface area (Å²) in [7, 11) is 0. The van der Waals surface area contributed by atoms with Crippen molar-refractivity contribution >= 4 is 17.3 Å². The number of primary amides is 1. The van der Waals surface area contributed by atoms with Crippen molar-refractivity contribution in [3.63, 3.8) is 0 Å². The van der Waals surface area contributed by atoms with Gasteiger partial charge in [-0.3, -0.25) is 4.55 Å². The van der Waals surface area contributed by atoms with Crippen LogP contribution in [0.5, 0.6) is 0 Å². The first-order valence-corrected chi connectivity index (χ1v) is 6.84. The Morgan fingerprint density at radius 1 is 1.19 bits per heavy atom. The summed E-state index contributed by atoms with van der Waals surface area (Å²) >= 11 is -2.28. The second-order valence-electron chi connectivity index (χ2n) is 3.79. The van der Waals surface area contributed by atoms with Crippen LogP contribution in [-0.2, 0) is 11.3 Å². The van der Waals surface area contributed by atoms with Crippen LogP contribution in [0.15, 0.2) is 0 Å². The van der Waals surface area contributed by atoms with Crippen LogP contribution in [0.25, 0.3) is 0 Å². The van der Waals surface area contributed by atoms with Gasteiger partial charge < -0.3 is 5.73 Å². The van der Waals surface area contributed by atoms with Crippen LogP contribution in [0.2, 0.25) is 0 Å². The predicted molar refractivity (Wildman–Crippen MR) is 65.1 cm³/mol. The van der Waals surface area contributed by atoms with Gasteiger partial charge in [0.05, 0.1) is 0 Å². The molecule has 3 N–H and O–H groups in total. The molecule has 0 heterocycles. The zero-order chi connectivity index (χ0) is 12.4. The van der Waals surface area contributed by atoms with E-state index in [1.165, 1.54) is 25.7 Å². The molecule has 0 saturated heterocycles. The maximum Gasteiger partial charge on any atom is 0.328 e. The normalized spacial score (nSPS) is 12.4. The highest BCUT2D eigenvalue weighted by Gasteiger charge is 2.14. The Morgan fingerprint density at radius 3 is 2.12 bits per heavy atom. The number of nitrogens with two attached hydrogens (primary N) is 1. The number of rotatable bonds is 9. The van der Waals surface area contributed by atoms with Crippen molar-refractivity contribution in [1.82, 2.24) is 4.31 Å². The Morgan fingerprint density at radius 2 is 1.69 bits per heavy atom. The number of hydrogen-bond donors (Lipinski definition) is 2. The lowest BCUT2D eigenvalue weighted by Gasteiger charge is -2.14. The minimum absolute atomic E-state index is 0.256. The molecule has 96 valence electrons. The highest BCUT2D eigenvalue weighted by Crippen LogP contribution is 2.07. The van der Waals surface area contributed by atoms with Crippen LogP contribution in [0.4, 0.5) is 4.79 Å². The smallest absolute Gasteiger partial charge is 0.328 e. The maximum atomic E-state index is 10.7. The zero-order valence-corrected chi connectivity index (χ0v) is 10.7. The molecule has 0 aliphatic heterocycles. The molecular weight excluding hydrogens is 228 g/mol. The minimum atomic E-state index is -2.28. The van der Waals surface area contributed by atoms with Crippen LogP contribution in [-0.4, -0.2) is 25.6 Å². The molecule has 2 amide bonds. The van der Waals surface area contributed by atoms with Crippen LogP contribution in [0.3, 0.4) is 0 Å². The molecule has 0 bridgehead atoms. The second kappa shape index (κ2) is 9.59. The van der Waals surface area contributed by atoms with E-state index in [2.05, 4.69) is 6.92 Å². The van der Waals surface area contributed by atoms with E-state index in [1.807, 2.05) is 0 Å². The molecule has 0 aromatic rings. The van der Waals surface area contributed by atoms with Crippen molar-refractivity contribution in [2.45, 2.75) is 51.9 Å². The summed E-state index contributed by atoms with van der Waals surface area (Å²) in [6.45, 7) is 2.42. The van der Waals surface area contributed by atoms with Gasteiger partial charge in [0.1, 0.15) is 0 Å². The third-order valence-electron chi connectivity index (χ3n) is 2.40. The largest absolute Gasteiger partial charge is 0.351 e. The Balaban J connectivity index is 3.48. The van der Waals surface area contributed by atoms with Crippen LogP contribution in [0.1, 0.15) is 51.9 Å². The van der Waals surface area contributed by atoms with E-state index in [9.17, 15) is 9.00 Å². The highest BCUT2D eigenvalue weighted by molar-refractivity contribution is 7.77. The molecule has 6 heteroatoms. The van der Waals surface area contributed by atoms with Gasteiger partial charge in [0.15, 0.2) is 0 Å². The fourth-order valence-electron chi connectivity index (χ4n) is 1.48. The zero-order valence-electron chi connectivity index (χ0n) is 9.85. The summed E-state index contributed by atoms with van der Waals surface area (Å²) in [5.74, 6) is 0. The molecule has 16 heavy (non-hydrogen) atoms. The summed E-state index contributed by atoms with van der Waals surface area (Å²) in [4.78, 5) is 10.7. The molecule has 0 aromatic carbocycles. The fourth-order valence-corrected chi connectivity index (χ4v) is 1.92. The monoisotopic (exact) mass is 250 g/mol. The summed E-state index contributed by atoms with van der Waals surface area (Å²) in [6.07, 6.45) is 7.69. The van der Waals surface area contributed by atoms with E-state index in [1.54, 1.807) is 0 Å². The lowest BCUT2D eigenvalue weighted by molar-refractivity contribution is 0.230. The van der Waals surface area contributed by atoms with E-state index < -0.39 is 17.3 Å². The van der Waals surface area contributed by atoms with Gasteiger partial charge in [0.25, 0.3) is 11.3 Å². The number of hydrogen-bond acceptors (Lipinski definition) is 2. The van der Waals surface area contributed by atoms with E-state index in [0.29, 0.717) is 0 Å². The summed E-state index contributed by atoms with van der Waals surface area (Å²) < 4.78 is 20.2. The van der Waals surface area contributed by atoms with Gasteiger partial charge in [-0.1, -0.05) is 45.4 Å². The lowest BCUT2D eigenvalue weighted by atomic mass is 10.1. The van der Waals surface area contributed by atoms with E-state index >= 15 is 0 Å². The first kappa shape index (κ1) is 15.4. The molecule has 0 aromatic heterocycles. The first-order valence-electron chi connectivity index (χ1n) is 5.77. The van der Waals surface area contributed by atoms with Gasteiger partial charge in [-0.25, -0.2) is 13.3 Å². The highest BCUT2D eigenvalue weighted by atomic mass is 32.2. The molecule has 0 saturated carbocycles. The number of urea groups is 1.